The summed E-state index contributed by atoms with van der Waals surface area (Å²) < 4.78 is 9.80. The van der Waals surface area contributed by atoms with E-state index in [0.29, 0.717) is 6.42 Å². The van der Waals surface area contributed by atoms with Crippen LogP contribution in [0.2, 0.25) is 0 Å². The topological polar surface area (TPSA) is 159 Å². The molecule has 0 heterocycles. The van der Waals surface area contributed by atoms with E-state index in [-0.39, 0.29) is 23.7 Å². The number of hydrogen-bond acceptors (Lipinski definition) is 8. The van der Waals surface area contributed by atoms with Gasteiger partial charge in [0.1, 0.15) is 0 Å². The highest BCUT2D eigenvalue weighted by molar-refractivity contribution is 5.70. The third-order valence-corrected chi connectivity index (χ3v) is 3.15. The van der Waals surface area contributed by atoms with Gasteiger partial charge in [0.15, 0.2) is 0 Å². The van der Waals surface area contributed by atoms with Crippen LogP contribution < -0.4 is 4.74 Å². The molecule has 11 nitrogen and oxygen atoms in total. The Bertz CT molecular complexity index is 673. The van der Waals surface area contributed by atoms with E-state index in [0.717, 1.165) is 6.07 Å². The number of nitrogens with zero attached hydrogens (tertiary/aromatic N) is 2. The molecule has 11 heteroatoms. The van der Waals surface area contributed by atoms with Crippen molar-refractivity contribution in [3.05, 3.63) is 37.9 Å². The van der Waals surface area contributed by atoms with E-state index in [1.54, 1.807) is 20.8 Å². The Morgan fingerprint density at radius 1 is 1.23 bits per heavy atom. The molecule has 0 aliphatic carbocycles. The van der Waals surface area contributed by atoms with Crippen molar-refractivity contribution in [2.75, 3.05) is 0 Å². The maximum Gasteiger partial charge on any atom is 0.514 e. The van der Waals surface area contributed by atoms with Crippen molar-refractivity contribution in [2.45, 2.75) is 46.1 Å². The fraction of sp³-hybridized carbons (Fsp3) is 0.467. The molecule has 0 radical (unpaired) electrons. The molecular formula is C15H20N2O9. The highest BCUT2D eigenvalue weighted by atomic mass is 16.7. The molecule has 0 fully saturated rings. The van der Waals surface area contributed by atoms with Crippen LogP contribution in [0.3, 0.4) is 0 Å². The van der Waals surface area contributed by atoms with Crippen molar-refractivity contribution in [1.29, 1.82) is 0 Å². The zero-order valence-corrected chi connectivity index (χ0v) is 14.7. The van der Waals surface area contributed by atoms with Crippen LogP contribution in [0, 0.1) is 20.2 Å². The minimum atomic E-state index is -1.10. The molecule has 0 aromatic heterocycles. The van der Waals surface area contributed by atoms with E-state index in [9.17, 15) is 25.0 Å². The van der Waals surface area contributed by atoms with Crippen LogP contribution in [0.1, 0.15) is 45.6 Å². The van der Waals surface area contributed by atoms with Gasteiger partial charge in [0.05, 0.1) is 22.0 Å². The molecule has 0 saturated heterocycles. The summed E-state index contributed by atoms with van der Waals surface area (Å²) in [5.74, 6) is -0.601. The van der Waals surface area contributed by atoms with Gasteiger partial charge in [-0.25, -0.2) is 4.79 Å². The fourth-order valence-corrected chi connectivity index (χ4v) is 1.86. The minimum Gasteiger partial charge on any atom is -0.483 e. The largest absolute Gasteiger partial charge is 0.514 e. The molecule has 0 amide bonds. The van der Waals surface area contributed by atoms with Gasteiger partial charge in [-0.2, -0.15) is 0 Å². The Balaban J connectivity index is 0.00000194. The van der Waals surface area contributed by atoms with Crippen LogP contribution in [0.25, 0.3) is 0 Å². The van der Waals surface area contributed by atoms with E-state index < -0.39 is 33.5 Å². The van der Waals surface area contributed by atoms with Crippen LogP contribution in [-0.2, 0) is 9.53 Å². The molecule has 26 heavy (non-hydrogen) atoms. The van der Waals surface area contributed by atoms with Crippen molar-refractivity contribution in [2.24, 2.45) is 0 Å². The Kier molecular flexibility index (Phi) is 9.27. The van der Waals surface area contributed by atoms with Crippen LogP contribution in [0.15, 0.2) is 12.1 Å². The first kappa shape index (κ1) is 22.8. The lowest BCUT2D eigenvalue weighted by atomic mass is 9.96. The Labute approximate surface area is 148 Å². The number of carbonyl (C=O) groups is 2. The van der Waals surface area contributed by atoms with Crippen molar-refractivity contribution in [3.8, 4) is 5.75 Å². The SMILES string of the molecule is CCC(C)c1cc([N+](=O)[O-])cc([N+](=O)[O-])c1OC(=O)OC(C)C.O=CO. The molecule has 0 aliphatic heterocycles. The van der Waals surface area contributed by atoms with E-state index in [1.807, 2.05) is 6.92 Å². The van der Waals surface area contributed by atoms with Crippen molar-refractivity contribution >= 4 is 24.0 Å². The van der Waals surface area contributed by atoms with Crippen LogP contribution in [0.5, 0.6) is 5.75 Å². The van der Waals surface area contributed by atoms with E-state index in [1.165, 1.54) is 6.07 Å². The fourth-order valence-electron chi connectivity index (χ4n) is 1.86. The smallest absolute Gasteiger partial charge is 0.483 e. The Morgan fingerprint density at radius 3 is 2.15 bits per heavy atom. The second-order valence-electron chi connectivity index (χ2n) is 5.33. The zero-order chi connectivity index (χ0) is 20.4. The second-order valence-corrected chi connectivity index (χ2v) is 5.33. The first-order chi connectivity index (χ1) is 12.1. The summed E-state index contributed by atoms with van der Waals surface area (Å²) >= 11 is 0. The molecule has 0 bridgehead atoms. The van der Waals surface area contributed by atoms with Gasteiger partial charge >= 0.3 is 11.8 Å². The lowest BCUT2D eigenvalue weighted by Gasteiger charge is -2.15. The molecule has 0 spiro atoms. The van der Waals surface area contributed by atoms with E-state index in [2.05, 4.69) is 0 Å². The quantitative estimate of drug-likeness (QED) is 0.258. The molecule has 1 unspecified atom stereocenters. The molecule has 1 aromatic rings. The highest BCUT2D eigenvalue weighted by Crippen LogP contribution is 2.40. The summed E-state index contributed by atoms with van der Waals surface area (Å²) in [5.41, 5.74) is -0.860. The van der Waals surface area contributed by atoms with Gasteiger partial charge in [0.25, 0.3) is 12.2 Å². The molecule has 0 saturated carbocycles. The van der Waals surface area contributed by atoms with Gasteiger partial charge < -0.3 is 14.6 Å². The molecule has 0 aliphatic rings. The van der Waals surface area contributed by atoms with Gasteiger partial charge in [-0.1, -0.05) is 13.8 Å². The first-order valence-corrected chi connectivity index (χ1v) is 7.51. The Morgan fingerprint density at radius 2 is 1.77 bits per heavy atom. The highest BCUT2D eigenvalue weighted by Gasteiger charge is 2.29. The number of benzene rings is 1. The van der Waals surface area contributed by atoms with Crippen molar-refractivity contribution in [3.63, 3.8) is 0 Å². The number of nitro benzene ring substituents is 2. The maximum absolute atomic E-state index is 11.7. The van der Waals surface area contributed by atoms with Crippen molar-refractivity contribution in [1.82, 2.24) is 0 Å². The van der Waals surface area contributed by atoms with Crippen LogP contribution in [0.4, 0.5) is 16.2 Å². The second kappa shape index (κ2) is 10.6. The van der Waals surface area contributed by atoms with Crippen LogP contribution >= 0.6 is 0 Å². The summed E-state index contributed by atoms with van der Waals surface area (Å²) in [6.07, 6.45) is -1.01. The molecule has 1 N–H and O–H groups in total. The van der Waals surface area contributed by atoms with E-state index >= 15 is 0 Å². The van der Waals surface area contributed by atoms with Crippen LogP contribution in [-0.4, -0.2) is 33.7 Å². The summed E-state index contributed by atoms with van der Waals surface area (Å²) in [6, 6.07) is 1.95. The lowest BCUT2D eigenvalue weighted by Crippen LogP contribution is -2.17. The number of ether oxygens (including phenoxy) is 2. The average Bonchev–Trinajstić information content (AvgIpc) is 2.53. The predicted molar refractivity (Wildman–Crippen MR) is 89.4 cm³/mol. The van der Waals surface area contributed by atoms with Gasteiger partial charge in [-0.15, -0.1) is 0 Å². The summed E-state index contributed by atoms with van der Waals surface area (Å²) in [7, 11) is 0. The molecule has 1 aromatic carbocycles. The molecular weight excluding hydrogens is 352 g/mol. The normalized spacial score (nSPS) is 11.0. The Hall–Kier alpha value is -3.24. The van der Waals surface area contributed by atoms with Crippen molar-refractivity contribution < 1.29 is 34.0 Å². The third-order valence-electron chi connectivity index (χ3n) is 3.15. The van der Waals surface area contributed by atoms with Gasteiger partial charge in [-0.05, 0) is 26.2 Å². The zero-order valence-electron chi connectivity index (χ0n) is 14.7. The molecule has 144 valence electrons. The number of hydrogen-bond donors (Lipinski definition) is 1. The third kappa shape index (κ3) is 6.71. The van der Waals surface area contributed by atoms with Gasteiger partial charge in [-0.3, -0.25) is 25.0 Å². The van der Waals surface area contributed by atoms with Gasteiger partial charge in [0.2, 0.25) is 5.75 Å². The lowest BCUT2D eigenvalue weighted by molar-refractivity contribution is -0.394. The molecule has 1 atom stereocenters. The summed E-state index contributed by atoms with van der Waals surface area (Å²) in [5, 5.41) is 29.1. The molecule has 1 rings (SSSR count). The number of nitro groups is 2. The first-order valence-electron chi connectivity index (χ1n) is 7.51. The van der Waals surface area contributed by atoms with E-state index in [4.69, 9.17) is 19.4 Å². The average molecular weight is 372 g/mol. The maximum atomic E-state index is 11.7. The predicted octanol–water partition coefficient (Wildman–Crippen LogP) is 3.64. The van der Waals surface area contributed by atoms with Gasteiger partial charge in [0, 0.05) is 11.6 Å². The summed E-state index contributed by atoms with van der Waals surface area (Å²) in [6.45, 7) is 6.48. The number of non-ortho nitro benzene ring substituents is 1. The number of carboxylic acid groups (broad SMARTS) is 1. The monoisotopic (exact) mass is 372 g/mol. The minimum absolute atomic E-state index is 0.217. The number of carbonyl (C=O) groups excluding carboxylic acids is 1. The number of rotatable bonds is 6. The summed E-state index contributed by atoms with van der Waals surface area (Å²) in [4.78, 5) is 40.7. The standard InChI is InChI=1S/C14H18N2O7.CH2O2/c1-5-9(4)11-6-10(15(18)19)7-12(16(20)21)13(11)23-14(17)22-8(2)3;2-1-3/h6-9H,5H2,1-4H3;1H,(H,2,3).